The second kappa shape index (κ2) is 9.34. The number of alkyl halides is 3. The molecule has 1 saturated carbocycles. The highest BCUT2D eigenvalue weighted by Crippen LogP contribution is 2.53. The average Bonchev–Trinajstić information content (AvgIpc) is 3.17. The molecule has 1 aliphatic carbocycles. The molecule has 2 heterocycles. The third-order valence-electron chi connectivity index (χ3n) is 7.49. The molecular weight excluding hydrogens is 548 g/mol. The Morgan fingerprint density at radius 1 is 1.13 bits per heavy atom. The summed E-state index contributed by atoms with van der Waals surface area (Å²) in [7, 11) is 0. The lowest BCUT2D eigenvalue weighted by Crippen LogP contribution is -2.63. The van der Waals surface area contributed by atoms with E-state index in [1.165, 1.54) is 29.2 Å². The van der Waals surface area contributed by atoms with E-state index in [9.17, 15) is 27.6 Å². The molecule has 2 aromatic carbocycles. The first-order valence-electron chi connectivity index (χ1n) is 12.0. The van der Waals surface area contributed by atoms with Crippen LogP contribution in [-0.2, 0) is 11.2 Å². The second-order valence-corrected chi connectivity index (χ2v) is 11.1. The number of hydrogen-bond donors (Lipinski definition) is 1. The Labute approximate surface area is 226 Å². The molecule has 5 rings (SSSR count). The van der Waals surface area contributed by atoms with E-state index < -0.39 is 18.2 Å². The van der Waals surface area contributed by atoms with Gasteiger partial charge in [-0.25, -0.2) is 0 Å². The van der Waals surface area contributed by atoms with Gasteiger partial charge in [0.05, 0.1) is 26.9 Å². The van der Waals surface area contributed by atoms with Crippen LogP contribution in [0, 0.1) is 18.3 Å². The van der Waals surface area contributed by atoms with Crippen LogP contribution >= 0.6 is 23.2 Å². The van der Waals surface area contributed by atoms with Gasteiger partial charge in [0.15, 0.2) is 0 Å². The van der Waals surface area contributed by atoms with Gasteiger partial charge in [-0.2, -0.15) is 0 Å². The summed E-state index contributed by atoms with van der Waals surface area (Å²) in [5.41, 5.74) is 1.41. The smallest absolute Gasteiger partial charge is 0.481 e. The van der Waals surface area contributed by atoms with Gasteiger partial charge in [0.1, 0.15) is 5.75 Å². The van der Waals surface area contributed by atoms with Gasteiger partial charge in [0.2, 0.25) is 0 Å². The van der Waals surface area contributed by atoms with Gasteiger partial charge in [-0.3, -0.25) is 14.4 Å². The van der Waals surface area contributed by atoms with E-state index in [-0.39, 0.29) is 57.1 Å². The largest absolute Gasteiger partial charge is 0.573 e. The van der Waals surface area contributed by atoms with Crippen molar-refractivity contribution >= 4 is 46.7 Å². The number of likely N-dealkylation sites (tertiary alicyclic amines) is 1. The third-order valence-corrected chi connectivity index (χ3v) is 8.20. The SMILES string of the molecule is Cc1cc(OC(F)(F)F)cc2c1N(C(=O)c1c(Cl)ccc(C(=O)N3CC4(CC(CC(=O)O)C4)C3)c1Cl)CC2. The topological polar surface area (TPSA) is 87.2 Å². The monoisotopic (exact) mass is 570 g/mol. The first kappa shape index (κ1) is 26.6. The van der Waals surface area contributed by atoms with Gasteiger partial charge in [-0.15, -0.1) is 13.2 Å². The zero-order valence-corrected chi connectivity index (χ0v) is 21.7. The minimum Gasteiger partial charge on any atom is -0.481 e. The first-order valence-corrected chi connectivity index (χ1v) is 12.7. The van der Waals surface area contributed by atoms with Gasteiger partial charge in [-0.1, -0.05) is 23.2 Å². The highest BCUT2D eigenvalue weighted by molar-refractivity contribution is 6.42. The predicted molar refractivity (Wildman–Crippen MR) is 133 cm³/mol. The summed E-state index contributed by atoms with van der Waals surface area (Å²) in [5, 5.41) is 8.92. The van der Waals surface area contributed by atoms with Crippen LogP contribution in [0.15, 0.2) is 24.3 Å². The molecule has 2 amide bonds. The summed E-state index contributed by atoms with van der Waals surface area (Å²) in [6.45, 7) is 2.76. The van der Waals surface area contributed by atoms with E-state index in [0.29, 0.717) is 36.3 Å². The average molecular weight is 571 g/mol. The lowest BCUT2D eigenvalue weighted by molar-refractivity contribution is -0.274. The van der Waals surface area contributed by atoms with Crippen molar-refractivity contribution in [2.45, 2.75) is 39.0 Å². The molecule has 12 heteroatoms. The van der Waals surface area contributed by atoms with Crippen LogP contribution in [0.2, 0.25) is 10.0 Å². The molecule has 0 aromatic heterocycles. The van der Waals surface area contributed by atoms with E-state index >= 15 is 0 Å². The van der Waals surface area contributed by atoms with E-state index in [1.54, 1.807) is 11.8 Å². The summed E-state index contributed by atoms with van der Waals surface area (Å²) in [6.07, 6.45) is -2.89. The maximum atomic E-state index is 13.6. The molecule has 1 N–H and O–H groups in total. The summed E-state index contributed by atoms with van der Waals surface area (Å²) in [6, 6.07) is 5.36. The molecule has 2 aliphatic heterocycles. The molecule has 1 saturated heterocycles. The van der Waals surface area contributed by atoms with Crippen molar-refractivity contribution in [2.24, 2.45) is 11.3 Å². The summed E-state index contributed by atoms with van der Waals surface area (Å²) in [5.74, 6) is -1.97. The van der Waals surface area contributed by atoms with Crippen LogP contribution in [0.5, 0.6) is 5.75 Å². The third kappa shape index (κ3) is 4.80. The number of carbonyl (C=O) groups excluding carboxylic acids is 2. The van der Waals surface area contributed by atoms with Crippen LogP contribution in [0.3, 0.4) is 0 Å². The number of aliphatic carboxylic acids is 1. The number of carboxylic acid groups (broad SMARTS) is 1. The van der Waals surface area contributed by atoms with Crippen molar-refractivity contribution in [1.29, 1.82) is 0 Å². The molecule has 2 fully saturated rings. The molecule has 1 spiro atoms. The Balaban J connectivity index is 1.34. The maximum absolute atomic E-state index is 13.6. The predicted octanol–water partition coefficient (Wildman–Crippen LogP) is 5.73. The van der Waals surface area contributed by atoms with E-state index in [4.69, 9.17) is 28.3 Å². The zero-order valence-electron chi connectivity index (χ0n) is 20.2. The van der Waals surface area contributed by atoms with Gasteiger partial charge in [-0.05, 0) is 67.5 Å². The fraction of sp³-hybridized carbons (Fsp3) is 0.423. The Morgan fingerprint density at radius 3 is 2.45 bits per heavy atom. The number of anilines is 1. The Bertz CT molecular complexity index is 1350. The number of carboxylic acids is 1. The van der Waals surface area contributed by atoms with E-state index in [1.807, 2.05) is 0 Å². The van der Waals surface area contributed by atoms with Crippen LogP contribution < -0.4 is 9.64 Å². The number of benzene rings is 2. The Kier molecular flexibility index (Phi) is 6.54. The fourth-order valence-corrected chi connectivity index (χ4v) is 6.69. The maximum Gasteiger partial charge on any atom is 0.573 e. The number of rotatable bonds is 5. The normalized spacial score (nSPS) is 18.2. The van der Waals surface area contributed by atoms with Crippen LogP contribution in [-0.4, -0.2) is 53.8 Å². The van der Waals surface area contributed by atoms with Crippen molar-refractivity contribution in [2.75, 3.05) is 24.5 Å². The number of aryl methyl sites for hydroxylation is 1. The van der Waals surface area contributed by atoms with Crippen molar-refractivity contribution < 1.29 is 37.4 Å². The molecule has 0 atom stereocenters. The number of amides is 2. The van der Waals surface area contributed by atoms with Crippen LogP contribution in [0.1, 0.15) is 51.1 Å². The molecule has 3 aliphatic rings. The minimum absolute atomic E-state index is 0.0512. The first-order chi connectivity index (χ1) is 17.8. The standard InChI is InChI=1S/C26H23Cl2F3N2O5/c1-13-6-16(38-26(29,30)31)8-15-4-5-33(22(13)15)24(37)20-18(27)3-2-17(21(20)28)23(36)32-11-25(12-32)9-14(10-25)7-19(34)35/h2-3,6,8,14H,4-5,7,9-12H2,1H3,(H,34,35). The Hall–Kier alpha value is -2.98. The summed E-state index contributed by atoms with van der Waals surface area (Å²) in [4.78, 5) is 40.8. The number of ether oxygens (including phenoxy) is 1. The summed E-state index contributed by atoms with van der Waals surface area (Å²) >= 11 is 12.9. The van der Waals surface area contributed by atoms with Gasteiger partial charge in [0, 0.05) is 31.5 Å². The number of hydrogen-bond acceptors (Lipinski definition) is 4. The molecular formula is C26H23Cl2F3N2O5. The molecule has 7 nitrogen and oxygen atoms in total. The molecule has 0 radical (unpaired) electrons. The molecule has 2 aromatic rings. The number of halogens is 5. The molecule has 202 valence electrons. The van der Waals surface area contributed by atoms with Gasteiger partial charge < -0.3 is 19.6 Å². The highest BCUT2D eigenvalue weighted by Gasteiger charge is 2.54. The number of nitrogens with zero attached hydrogens (tertiary/aromatic N) is 2. The summed E-state index contributed by atoms with van der Waals surface area (Å²) < 4.78 is 42.1. The van der Waals surface area contributed by atoms with Crippen molar-refractivity contribution in [3.8, 4) is 5.75 Å². The second-order valence-electron chi connectivity index (χ2n) is 10.3. The van der Waals surface area contributed by atoms with Crippen LogP contribution in [0.4, 0.5) is 18.9 Å². The van der Waals surface area contributed by atoms with Crippen molar-refractivity contribution in [3.63, 3.8) is 0 Å². The van der Waals surface area contributed by atoms with Gasteiger partial charge >= 0.3 is 12.3 Å². The zero-order chi connectivity index (χ0) is 27.6. The Morgan fingerprint density at radius 2 is 1.82 bits per heavy atom. The van der Waals surface area contributed by atoms with Gasteiger partial charge in [0.25, 0.3) is 11.8 Å². The highest BCUT2D eigenvalue weighted by atomic mass is 35.5. The van der Waals surface area contributed by atoms with Crippen molar-refractivity contribution in [3.05, 3.63) is 56.6 Å². The van der Waals surface area contributed by atoms with Crippen molar-refractivity contribution in [1.82, 2.24) is 4.90 Å². The minimum atomic E-state index is -4.84. The molecule has 0 unspecified atom stereocenters. The lowest BCUT2D eigenvalue weighted by Gasteiger charge is -2.59. The number of carbonyl (C=O) groups is 3. The van der Waals surface area contributed by atoms with E-state index in [2.05, 4.69) is 4.74 Å². The lowest BCUT2D eigenvalue weighted by atomic mass is 9.57. The fourth-order valence-electron chi connectivity index (χ4n) is 6.07. The molecule has 0 bridgehead atoms. The van der Waals surface area contributed by atoms with E-state index in [0.717, 1.165) is 12.8 Å². The van der Waals surface area contributed by atoms with Crippen LogP contribution in [0.25, 0.3) is 0 Å². The molecule has 38 heavy (non-hydrogen) atoms. The quantitative estimate of drug-likeness (QED) is 0.496. The number of fused-ring (bicyclic) bond motifs is 1.